The van der Waals surface area contributed by atoms with Gasteiger partial charge in [-0.15, -0.1) is 0 Å². The van der Waals surface area contributed by atoms with E-state index in [0.717, 1.165) is 25.1 Å². The highest BCUT2D eigenvalue weighted by Gasteiger charge is 2.13. The van der Waals surface area contributed by atoms with Crippen LogP contribution in [-0.4, -0.2) is 38.2 Å². The molecule has 4 nitrogen and oxygen atoms in total. The summed E-state index contributed by atoms with van der Waals surface area (Å²) >= 11 is 6.46. The SMILES string of the molecule is CCCCN(CCCC)CCCNCc1cc(Cl)c(OCc2ccccc2F)c(OC)c1. The predicted molar refractivity (Wildman–Crippen MR) is 131 cm³/mol. The van der Waals surface area contributed by atoms with Crippen molar-refractivity contribution in [1.29, 1.82) is 0 Å². The minimum atomic E-state index is -0.300. The normalized spacial score (nSPS) is 11.2. The molecule has 0 aromatic heterocycles. The summed E-state index contributed by atoms with van der Waals surface area (Å²) in [6.45, 7) is 9.74. The van der Waals surface area contributed by atoms with E-state index in [4.69, 9.17) is 21.1 Å². The van der Waals surface area contributed by atoms with Crippen molar-refractivity contribution >= 4 is 11.6 Å². The first kappa shape index (κ1) is 26.4. The van der Waals surface area contributed by atoms with Gasteiger partial charge in [0.25, 0.3) is 0 Å². The van der Waals surface area contributed by atoms with Crippen molar-refractivity contribution in [3.63, 3.8) is 0 Å². The van der Waals surface area contributed by atoms with Gasteiger partial charge in [0.1, 0.15) is 12.4 Å². The summed E-state index contributed by atoms with van der Waals surface area (Å²) < 4.78 is 25.1. The first-order valence-corrected chi connectivity index (χ1v) is 12.1. The molecule has 32 heavy (non-hydrogen) atoms. The van der Waals surface area contributed by atoms with E-state index in [1.807, 2.05) is 12.1 Å². The number of halogens is 2. The zero-order valence-corrected chi connectivity index (χ0v) is 20.5. The molecule has 0 fully saturated rings. The van der Waals surface area contributed by atoms with Gasteiger partial charge in [0.05, 0.1) is 12.1 Å². The molecule has 1 N–H and O–H groups in total. The van der Waals surface area contributed by atoms with Crippen LogP contribution in [0.5, 0.6) is 11.5 Å². The molecule has 0 radical (unpaired) electrons. The van der Waals surface area contributed by atoms with Gasteiger partial charge >= 0.3 is 0 Å². The number of nitrogens with one attached hydrogen (secondary N) is 1. The number of hydrogen-bond acceptors (Lipinski definition) is 4. The molecule has 0 aliphatic carbocycles. The lowest BCUT2D eigenvalue weighted by atomic mass is 10.2. The quantitative estimate of drug-likeness (QED) is 0.289. The second-order valence-electron chi connectivity index (χ2n) is 8.07. The highest BCUT2D eigenvalue weighted by atomic mass is 35.5. The lowest BCUT2D eigenvalue weighted by Crippen LogP contribution is -2.29. The van der Waals surface area contributed by atoms with E-state index < -0.39 is 0 Å². The zero-order chi connectivity index (χ0) is 23.2. The Labute approximate surface area is 198 Å². The lowest BCUT2D eigenvalue weighted by Gasteiger charge is -2.22. The van der Waals surface area contributed by atoms with E-state index in [2.05, 4.69) is 24.1 Å². The van der Waals surface area contributed by atoms with Crippen LogP contribution in [-0.2, 0) is 13.2 Å². The molecule has 2 rings (SSSR count). The Kier molecular flexibility index (Phi) is 12.5. The molecule has 0 amide bonds. The van der Waals surface area contributed by atoms with Crippen LogP contribution in [0.15, 0.2) is 36.4 Å². The third kappa shape index (κ3) is 8.97. The molecular formula is C26H38ClFN2O2. The molecule has 0 atom stereocenters. The Bertz CT molecular complexity index is 795. The van der Waals surface area contributed by atoms with E-state index in [-0.39, 0.29) is 12.4 Å². The van der Waals surface area contributed by atoms with Crippen molar-refractivity contribution in [2.45, 2.75) is 59.1 Å². The van der Waals surface area contributed by atoms with E-state index in [1.165, 1.54) is 44.8 Å². The number of rotatable bonds is 16. The van der Waals surface area contributed by atoms with E-state index >= 15 is 0 Å². The molecule has 0 aliphatic heterocycles. The number of benzene rings is 2. The maximum atomic E-state index is 13.9. The highest BCUT2D eigenvalue weighted by Crippen LogP contribution is 2.37. The Morgan fingerprint density at radius 1 is 1.00 bits per heavy atom. The Balaban J connectivity index is 1.84. The topological polar surface area (TPSA) is 33.7 Å². The van der Waals surface area contributed by atoms with Gasteiger partial charge in [-0.2, -0.15) is 0 Å². The van der Waals surface area contributed by atoms with Gasteiger partial charge in [0, 0.05) is 12.1 Å². The first-order chi connectivity index (χ1) is 15.6. The maximum absolute atomic E-state index is 13.9. The van der Waals surface area contributed by atoms with Crippen molar-refractivity contribution in [3.05, 3.63) is 58.4 Å². The minimum Gasteiger partial charge on any atom is -0.493 e. The van der Waals surface area contributed by atoms with Crippen LogP contribution in [0.4, 0.5) is 4.39 Å². The Morgan fingerprint density at radius 3 is 2.34 bits per heavy atom. The van der Waals surface area contributed by atoms with Crippen LogP contribution in [0.3, 0.4) is 0 Å². The fourth-order valence-electron chi connectivity index (χ4n) is 3.54. The first-order valence-electron chi connectivity index (χ1n) is 11.7. The Hall–Kier alpha value is -1.82. The molecule has 0 bridgehead atoms. The molecule has 0 unspecified atom stereocenters. The van der Waals surface area contributed by atoms with Gasteiger partial charge in [-0.1, -0.05) is 56.5 Å². The lowest BCUT2D eigenvalue weighted by molar-refractivity contribution is 0.261. The summed E-state index contributed by atoms with van der Waals surface area (Å²) in [5, 5.41) is 3.96. The summed E-state index contributed by atoms with van der Waals surface area (Å²) in [5.41, 5.74) is 1.50. The predicted octanol–water partition coefficient (Wildman–Crippen LogP) is 6.45. The van der Waals surface area contributed by atoms with Crippen LogP contribution < -0.4 is 14.8 Å². The van der Waals surface area contributed by atoms with Crippen LogP contribution in [0.25, 0.3) is 0 Å². The van der Waals surface area contributed by atoms with Gasteiger partial charge < -0.3 is 19.7 Å². The molecule has 0 saturated heterocycles. The fourth-order valence-corrected chi connectivity index (χ4v) is 3.83. The van der Waals surface area contributed by atoms with Gasteiger partial charge in [-0.3, -0.25) is 0 Å². The van der Waals surface area contributed by atoms with Crippen molar-refractivity contribution in [2.24, 2.45) is 0 Å². The molecule has 2 aromatic carbocycles. The Morgan fingerprint density at radius 2 is 1.69 bits per heavy atom. The van der Waals surface area contributed by atoms with E-state index in [9.17, 15) is 4.39 Å². The average molecular weight is 465 g/mol. The zero-order valence-electron chi connectivity index (χ0n) is 19.8. The third-order valence-electron chi connectivity index (χ3n) is 5.43. The summed E-state index contributed by atoms with van der Waals surface area (Å²) in [6.07, 6.45) is 6.12. The second kappa shape index (κ2) is 15.1. The summed E-state index contributed by atoms with van der Waals surface area (Å²) in [4.78, 5) is 2.58. The van der Waals surface area contributed by atoms with Gasteiger partial charge in [-0.05, 0) is 69.2 Å². The van der Waals surface area contributed by atoms with E-state index in [1.54, 1.807) is 25.3 Å². The summed E-state index contributed by atoms with van der Waals surface area (Å²) in [5.74, 6) is 0.686. The number of hydrogen-bond donors (Lipinski definition) is 1. The fraction of sp³-hybridized carbons (Fsp3) is 0.538. The largest absolute Gasteiger partial charge is 0.493 e. The molecule has 0 spiro atoms. The van der Waals surface area contributed by atoms with Crippen molar-refractivity contribution in [2.75, 3.05) is 33.3 Å². The van der Waals surface area contributed by atoms with Crippen molar-refractivity contribution < 1.29 is 13.9 Å². The van der Waals surface area contributed by atoms with Crippen LogP contribution in [0, 0.1) is 5.82 Å². The van der Waals surface area contributed by atoms with Gasteiger partial charge in [0.15, 0.2) is 11.5 Å². The van der Waals surface area contributed by atoms with Crippen LogP contribution >= 0.6 is 11.6 Å². The van der Waals surface area contributed by atoms with Crippen LogP contribution in [0.1, 0.15) is 57.1 Å². The van der Waals surface area contributed by atoms with Crippen molar-refractivity contribution in [1.82, 2.24) is 10.2 Å². The van der Waals surface area contributed by atoms with Crippen LogP contribution in [0.2, 0.25) is 5.02 Å². The second-order valence-corrected chi connectivity index (χ2v) is 8.48. The molecule has 0 saturated carbocycles. The van der Waals surface area contributed by atoms with Gasteiger partial charge in [0.2, 0.25) is 0 Å². The summed E-state index contributed by atoms with van der Waals surface area (Å²) in [6, 6.07) is 10.3. The van der Waals surface area contributed by atoms with Crippen molar-refractivity contribution in [3.8, 4) is 11.5 Å². The highest BCUT2D eigenvalue weighted by molar-refractivity contribution is 6.32. The molecule has 6 heteroatoms. The number of unbranched alkanes of at least 4 members (excludes halogenated alkanes) is 2. The number of methoxy groups -OCH3 is 1. The minimum absolute atomic E-state index is 0.0902. The van der Waals surface area contributed by atoms with E-state index in [0.29, 0.717) is 28.6 Å². The number of ether oxygens (including phenoxy) is 2. The average Bonchev–Trinajstić information content (AvgIpc) is 2.80. The summed E-state index contributed by atoms with van der Waals surface area (Å²) in [7, 11) is 1.58. The smallest absolute Gasteiger partial charge is 0.180 e. The molecule has 2 aromatic rings. The molecule has 0 aliphatic rings. The molecule has 0 heterocycles. The maximum Gasteiger partial charge on any atom is 0.180 e. The number of nitrogens with zero attached hydrogens (tertiary/aromatic N) is 1. The third-order valence-corrected chi connectivity index (χ3v) is 5.71. The van der Waals surface area contributed by atoms with Gasteiger partial charge in [-0.25, -0.2) is 4.39 Å². The monoisotopic (exact) mass is 464 g/mol. The standard InChI is InChI=1S/C26H38ClFN2O2/c1-4-6-14-30(15-7-5-2)16-10-13-29-19-21-17-23(27)26(25(18-21)31-3)32-20-22-11-8-9-12-24(22)28/h8-9,11-12,17-18,29H,4-7,10,13-16,19-20H2,1-3H3. The molecule has 178 valence electrons. The molecular weight excluding hydrogens is 427 g/mol.